The molecule has 36 heavy (non-hydrogen) atoms. The number of aromatic nitrogens is 2. The number of primary amides is 1. The highest BCUT2D eigenvalue weighted by molar-refractivity contribution is 7.99. The summed E-state index contributed by atoms with van der Waals surface area (Å²) in [7, 11) is 1.32. The Morgan fingerprint density at radius 2 is 1.92 bits per heavy atom. The summed E-state index contributed by atoms with van der Waals surface area (Å²) >= 11 is 1.56. The molecule has 198 valence electrons. The first kappa shape index (κ1) is 26.4. The first-order valence-electron chi connectivity index (χ1n) is 12.5. The maximum absolute atomic E-state index is 13.5. The van der Waals surface area contributed by atoms with Crippen LogP contribution < -0.4 is 16.4 Å². The number of amides is 3. The molecule has 2 unspecified atom stereocenters. The number of hydrogen-bond acceptors (Lipinski definition) is 7. The molecule has 4 aliphatic rings. The van der Waals surface area contributed by atoms with E-state index in [4.69, 9.17) is 15.2 Å². The van der Waals surface area contributed by atoms with Crippen molar-refractivity contribution < 1.29 is 23.9 Å². The summed E-state index contributed by atoms with van der Waals surface area (Å²) in [6.07, 6.45) is 8.34. The number of hydrogen-bond donors (Lipinski definition) is 3. The molecule has 3 amide bonds. The molecule has 1 aromatic heterocycles. The normalized spacial score (nSPS) is 28.9. The standard InChI is InChI=1S/C25H37N5O5S/c1-14(2)36-21-18(13-27-30(21)7-6-24(3,4)29-23(33)34-5)20(31)28-19-16-8-15-9-17(19)12-25(10-15,11-16)35-22(26)32/h6-7,13-17,19H,8-12H2,1-5H3,(H2,26,32)(H,28,31)(H,29,33)/b7-6+. The second kappa shape index (κ2) is 9.99. The van der Waals surface area contributed by atoms with Gasteiger partial charge in [0.1, 0.15) is 10.6 Å². The van der Waals surface area contributed by atoms with E-state index in [0.29, 0.717) is 11.5 Å². The lowest BCUT2D eigenvalue weighted by molar-refractivity contribution is -0.137. The Morgan fingerprint density at radius 3 is 2.50 bits per heavy atom. The van der Waals surface area contributed by atoms with Crippen LogP contribution in [0.2, 0.25) is 0 Å². The van der Waals surface area contributed by atoms with E-state index in [1.165, 1.54) is 7.11 Å². The lowest BCUT2D eigenvalue weighted by Crippen LogP contribution is -2.63. The molecule has 0 radical (unpaired) electrons. The van der Waals surface area contributed by atoms with Crippen LogP contribution in [0.3, 0.4) is 0 Å². The molecule has 0 spiro atoms. The van der Waals surface area contributed by atoms with Crippen molar-refractivity contribution in [2.75, 3.05) is 7.11 Å². The van der Waals surface area contributed by atoms with Crippen LogP contribution in [0.25, 0.3) is 6.20 Å². The predicted octanol–water partition coefficient (Wildman–Crippen LogP) is 3.76. The van der Waals surface area contributed by atoms with Crippen molar-refractivity contribution in [2.24, 2.45) is 23.5 Å². The molecular formula is C25H37N5O5S. The average Bonchev–Trinajstić information content (AvgIpc) is 3.15. The fourth-order valence-corrected chi connectivity index (χ4v) is 7.25. The number of nitrogens with zero attached hydrogens (tertiary/aromatic N) is 2. The van der Waals surface area contributed by atoms with Gasteiger partial charge in [-0.1, -0.05) is 13.8 Å². The lowest BCUT2D eigenvalue weighted by Gasteiger charge is -2.58. The van der Waals surface area contributed by atoms with E-state index in [-0.39, 0.29) is 29.0 Å². The minimum Gasteiger partial charge on any atom is -0.453 e. The molecule has 4 fully saturated rings. The second-order valence-electron chi connectivity index (χ2n) is 11.2. The fraction of sp³-hybridized carbons (Fsp3) is 0.680. The molecule has 1 aromatic rings. The van der Waals surface area contributed by atoms with Gasteiger partial charge in [0.25, 0.3) is 5.91 Å². The molecule has 0 aliphatic heterocycles. The van der Waals surface area contributed by atoms with E-state index in [9.17, 15) is 14.4 Å². The van der Waals surface area contributed by atoms with E-state index in [1.54, 1.807) is 34.9 Å². The molecule has 1 heterocycles. The first-order chi connectivity index (χ1) is 16.9. The van der Waals surface area contributed by atoms with Crippen molar-refractivity contribution in [3.05, 3.63) is 17.8 Å². The molecule has 5 rings (SSSR count). The predicted molar refractivity (Wildman–Crippen MR) is 136 cm³/mol. The van der Waals surface area contributed by atoms with Crippen molar-refractivity contribution in [3.63, 3.8) is 0 Å². The van der Waals surface area contributed by atoms with Gasteiger partial charge in [-0.05, 0) is 69.8 Å². The monoisotopic (exact) mass is 519 g/mol. The number of methoxy groups -OCH3 is 1. The highest BCUT2D eigenvalue weighted by atomic mass is 32.2. The number of ether oxygens (including phenoxy) is 2. The van der Waals surface area contributed by atoms with Crippen molar-refractivity contribution in [1.82, 2.24) is 20.4 Å². The maximum atomic E-state index is 13.5. The van der Waals surface area contributed by atoms with Crippen LogP contribution in [-0.4, -0.2) is 57.4 Å². The van der Waals surface area contributed by atoms with Gasteiger partial charge in [-0.2, -0.15) is 5.10 Å². The molecule has 4 bridgehead atoms. The lowest BCUT2D eigenvalue weighted by atomic mass is 9.52. The molecule has 4 N–H and O–H groups in total. The highest BCUT2D eigenvalue weighted by Gasteiger charge is 2.57. The van der Waals surface area contributed by atoms with Crippen molar-refractivity contribution in [1.29, 1.82) is 0 Å². The van der Waals surface area contributed by atoms with Crippen LogP contribution in [0.5, 0.6) is 0 Å². The molecule has 0 aromatic carbocycles. The van der Waals surface area contributed by atoms with E-state index >= 15 is 0 Å². The van der Waals surface area contributed by atoms with Crippen LogP contribution in [0.15, 0.2) is 17.3 Å². The summed E-state index contributed by atoms with van der Waals surface area (Å²) < 4.78 is 12.0. The van der Waals surface area contributed by atoms with Crippen molar-refractivity contribution in [3.8, 4) is 0 Å². The Bertz CT molecular complexity index is 1040. The van der Waals surface area contributed by atoms with E-state index in [0.717, 1.165) is 37.1 Å². The van der Waals surface area contributed by atoms with Gasteiger partial charge in [-0.25, -0.2) is 14.3 Å². The SMILES string of the molecule is COC(=O)NC(C)(C)/C=C/n1ncc(C(=O)NC2C3CC4CC2CC(OC(N)=O)(C4)C3)c1SC(C)C. The van der Waals surface area contributed by atoms with Crippen LogP contribution in [0.4, 0.5) is 9.59 Å². The zero-order valence-corrected chi connectivity index (χ0v) is 22.4. The van der Waals surface area contributed by atoms with Gasteiger partial charge >= 0.3 is 12.2 Å². The number of carbonyl (C=O) groups excluding carboxylic acids is 3. The van der Waals surface area contributed by atoms with E-state index in [2.05, 4.69) is 29.6 Å². The summed E-state index contributed by atoms with van der Waals surface area (Å²) in [4.78, 5) is 36.7. The largest absolute Gasteiger partial charge is 0.453 e. The Balaban J connectivity index is 1.51. The zero-order valence-electron chi connectivity index (χ0n) is 21.6. The van der Waals surface area contributed by atoms with E-state index < -0.39 is 23.3 Å². The van der Waals surface area contributed by atoms with Gasteiger partial charge in [0, 0.05) is 17.5 Å². The van der Waals surface area contributed by atoms with Crippen LogP contribution in [-0.2, 0) is 9.47 Å². The Labute approximate surface area is 216 Å². The number of thioether (sulfide) groups is 1. The second-order valence-corrected chi connectivity index (χ2v) is 12.8. The minimum absolute atomic E-state index is 0.0395. The molecule has 0 saturated heterocycles. The zero-order chi connectivity index (χ0) is 26.3. The number of nitrogens with one attached hydrogen (secondary N) is 2. The molecule has 10 nitrogen and oxygen atoms in total. The topological polar surface area (TPSA) is 138 Å². The van der Waals surface area contributed by atoms with Crippen molar-refractivity contribution >= 4 is 36.1 Å². The minimum atomic E-state index is -0.710. The smallest absolute Gasteiger partial charge is 0.407 e. The van der Waals surface area contributed by atoms with Gasteiger partial charge in [-0.3, -0.25) is 4.79 Å². The summed E-state index contributed by atoms with van der Waals surface area (Å²) in [5.74, 6) is 0.894. The van der Waals surface area contributed by atoms with Gasteiger partial charge in [0.2, 0.25) is 0 Å². The van der Waals surface area contributed by atoms with Gasteiger partial charge in [-0.15, -0.1) is 11.8 Å². The van der Waals surface area contributed by atoms with Crippen LogP contribution in [0.1, 0.15) is 70.2 Å². The number of carbonyl (C=O) groups is 3. The summed E-state index contributed by atoms with van der Waals surface area (Å²) in [6, 6.07) is 0.0395. The average molecular weight is 520 g/mol. The molecule has 2 atom stereocenters. The van der Waals surface area contributed by atoms with Crippen LogP contribution >= 0.6 is 11.8 Å². The molecular weight excluding hydrogens is 482 g/mol. The summed E-state index contributed by atoms with van der Waals surface area (Å²) in [5.41, 5.74) is 4.75. The Morgan fingerprint density at radius 1 is 1.25 bits per heavy atom. The van der Waals surface area contributed by atoms with E-state index in [1.807, 2.05) is 13.8 Å². The first-order valence-corrected chi connectivity index (χ1v) is 13.4. The fourth-order valence-electron chi connectivity index (χ4n) is 6.32. The van der Waals surface area contributed by atoms with Gasteiger partial charge < -0.3 is 25.8 Å². The van der Waals surface area contributed by atoms with Crippen LogP contribution in [0, 0.1) is 17.8 Å². The van der Waals surface area contributed by atoms with Gasteiger partial charge in [0.15, 0.2) is 0 Å². The highest BCUT2D eigenvalue weighted by Crippen LogP contribution is 2.57. The molecule has 11 heteroatoms. The Hall–Kier alpha value is -2.69. The third kappa shape index (κ3) is 5.66. The third-order valence-corrected chi connectivity index (χ3v) is 8.52. The number of nitrogens with two attached hydrogens (primary N) is 1. The van der Waals surface area contributed by atoms with Gasteiger partial charge in [0.05, 0.1) is 24.4 Å². The molecule has 4 saturated carbocycles. The third-order valence-electron chi connectivity index (χ3n) is 7.42. The number of rotatable bonds is 8. The number of alkyl carbamates (subject to hydrolysis) is 1. The molecule has 4 aliphatic carbocycles. The summed E-state index contributed by atoms with van der Waals surface area (Å²) in [5, 5.41) is 11.5. The quantitative estimate of drug-likeness (QED) is 0.445. The van der Waals surface area contributed by atoms with Crippen molar-refractivity contribution in [2.45, 2.75) is 87.3 Å². The Kier molecular flexibility index (Phi) is 7.32. The summed E-state index contributed by atoms with van der Waals surface area (Å²) in [6.45, 7) is 7.81. The maximum Gasteiger partial charge on any atom is 0.407 e.